The third-order valence-electron chi connectivity index (χ3n) is 7.64. The first-order valence-corrected chi connectivity index (χ1v) is 12.9. The molecule has 2 aromatic heterocycles. The largest absolute Gasteiger partial charge is 0.282 e. The smallest absolute Gasteiger partial charge is 0.0966 e. The highest BCUT2D eigenvalue weighted by Gasteiger charge is 2.21. The van der Waals surface area contributed by atoms with Crippen LogP contribution in [0.1, 0.15) is 16.8 Å². The molecule has 0 saturated heterocycles. The van der Waals surface area contributed by atoms with E-state index in [9.17, 15) is 0 Å². The van der Waals surface area contributed by atoms with Gasteiger partial charge in [-0.15, -0.1) is 0 Å². The Bertz CT molecular complexity index is 2070. The number of fused-ring (bicyclic) bond motifs is 7. The summed E-state index contributed by atoms with van der Waals surface area (Å²) in [4.78, 5) is 15.2. The minimum Gasteiger partial charge on any atom is -0.282 e. The van der Waals surface area contributed by atoms with E-state index < -0.39 is 0 Å². The van der Waals surface area contributed by atoms with Crippen LogP contribution in [0.2, 0.25) is 0 Å². The molecule has 38 heavy (non-hydrogen) atoms. The third-order valence-corrected chi connectivity index (χ3v) is 7.64. The van der Waals surface area contributed by atoms with Crippen molar-refractivity contribution in [3.05, 3.63) is 132 Å². The van der Waals surface area contributed by atoms with Crippen molar-refractivity contribution in [1.82, 2.24) is 9.97 Å². The zero-order chi connectivity index (χ0) is 25.1. The Labute approximate surface area is 220 Å². The molecule has 3 nitrogen and oxygen atoms in total. The molecule has 0 atom stereocenters. The zero-order valence-corrected chi connectivity index (χ0v) is 20.6. The topological polar surface area (TPSA) is 38.1 Å². The van der Waals surface area contributed by atoms with Crippen molar-refractivity contribution in [1.29, 1.82) is 0 Å². The Morgan fingerprint density at radius 1 is 0.658 bits per heavy atom. The molecular formula is C35H21N3. The number of hydrogen-bond acceptors (Lipinski definition) is 3. The summed E-state index contributed by atoms with van der Waals surface area (Å²) < 4.78 is 0. The Kier molecular flexibility index (Phi) is 4.56. The molecule has 3 heterocycles. The van der Waals surface area contributed by atoms with Crippen molar-refractivity contribution in [3.8, 4) is 11.3 Å². The first kappa shape index (κ1) is 21.1. The van der Waals surface area contributed by atoms with Crippen molar-refractivity contribution >= 4 is 48.9 Å². The van der Waals surface area contributed by atoms with Gasteiger partial charge < -0.3 is 0 Å². The first-order chi connectivity index (χ1) is 18.9. The van der Waals surface area contributed by atoms with Crippen LogP contribution >= 0.6 is 0 Å². The normalized spacial score (nSPS) is 13.0. The van der Waals surface area contributed by atoms with Gasteiger partial charge in [0.15, 0.2) is 0 Å². The molecular weight excluding hydrogens is 462 g/mol. The molecule has 0 radical (unpaired) electrons. The van der Waals surface area contributed by atoms with Gasteiger partial charge in [0.1, 0.15) is 0 Å². The summed E-state index contributed by atoms with van der Waals surface area (Å²) in [6.07, 6.45) is 2.95. The molecule has 176 valence electrons. The van der Waals surface area contributed by atoms with Crippen LogP contribution in [0.3, 0.4) is 0 Å². The molecule has 1 aliphatic heterocycles. The molecule has 0 fully saturated rings. The van der Waals surface area contributed by atoms with Crippen molar-refractivity contribution in [3.63, 3.8) is 0 Å². The van der Waals surface area contributed by atoms with Gasteiger partial charge in [0.2, 0.25) is 0 Å². The molecule has 3 heteroatoms. The maximum atomic E-state index is 5.21. The second-order valence-electron chi connectivity index (χ2n) is 9.74. The van der Waals surface area contributed by atoms with Crippen LogP contribution in [0.4, 0.5) is 0 Å². The fourth-order valence-electron chi connectivity index (χ4n) is 5.90. The Morgan fingerprint density at radius 3 is 2.42 bits per heavy atom. The minimum absolute atomic E-state index is 0.779. The summed E-state index contributed by atoms with van der Waals surface area (Å²) in [7, 11) is 0. The number of nitrogens with zero attached hydrogens (tertiary/aromatic N) is 3. The van der Waals surface area contributed by atoms with Crippen molar-refractivity contribution < 1.29 is 0 Å². The van der Waals surface area contributed by atoms with E-state index in [1.807, 2.05) is 18.3 Å². The summed E-state index contributed by atoms with van der Waals surface area (Å²) in [5.74, 6) is 0. The lowest BCUT2D eigenvalue weighted by atomic mass is 9.91. The van der Waals surface area contributed by atoms with Gasteiger partial charge in [0.25, 0.3) is 0 Å². The highest BCUT2D eigenvalue weighted by molar-refractivity contribution is 6.24. The summed E-state index contributed by atoms with van der Waals surface area (Å²) in [6.45, 7) is 0.779. The molecule has 0 bridgehead atoms. The van der Waals surface area contributed by atoms with Crippen LogP contribution in [-0.2, 0) is 6.42 Å². The van der Waals surface area contributed by atoms with Gasteiger partial charge in [0, 0.05) is 50.8 Å². The molecule has 0 amide bonds. The van der Waals surface area contributed by atoms with Crippen molar-refractivity contribution in [2.24, 2.45) is 4.99 Å². The molecule has 0 N–H and O–H groups in total. The Morgan fingerprint density at radius 2 is 1.47 bits per heavy atom. The highest BCUT2D eigenvalue weighted by Crippen LogP contribution is 2.39. The molecule has 8 rings (SSSR count). The van der Waals surface area contributed by atoms with E-state index in [-0.39, 0.29) is 0 Å². The van der Waals surface area contributed by atoms with E-state index in [1.54, 1.807) is 0 Å². The number of rotatable bonds is 2. The number of para-hydroxylation sites is 1. The quantitative estimate of drug-likeness (QED) is 0.236. The minimum atomic E-state index is 0.779. The monoisotopic (exact) mass is 483 g/mol. The van der Waals surface area contributed by atoms with E-state index in [4.69, 9.17) is 15.0 Å². The van der Waals surface area contributed by atoms with E-state index in [1.165, 1.54) is 11.1 Å². The lowest BCUT2D eigenvalue weighted by Crippen LogP contribution is -2.15. The Balaban J connectivity index is 1.45. The van der Waals surface area contributed by atoms with E-state index in [0.29, 0.717) is 0 Å². The predicted molar refractivity (Wildman–Crippen MR) is 156 cm³/mol. The predicted octanol–water partition coefficient (Wildman–Crippen LogP) is 7.75. The van der Waals surface area contributed by atoms with Crippen molar-refractivity contribution in [2.45, 2.75) is 6.42 Å². The number of hydrogen-bond donors (Lipinski definition) is 0. The molecule has 0 unspecified atom stereocenters. The van der Waals surface area contributed by atoms with Crippen LogP contribution in [-0.4, -0.2) is 22.2 Å². The van der Waals surface area contributed by atoms with Crippen LogP contribution in [0, 0.1) is 12.1 Å². The number of pyridine rings is 2. The van der Waals surface area contributed by atoms with Crippen LogP contribution in [0.25, 0.3) is 54.5 Å². The maximum Gasteiger partial charge on any atom is 0.0966 e. The van der Waals surface area contributed by atoms with Gasteiger partial charge in [-0.05, 0) is 41.0 Å². The molecule has 5 aromatic carbocycles. The van der Waals surface area contributed by atoms with Gasteiger partial charge in [-0.1, -0.05) is 91.0 Å². The fraction of sp³-hybridized carbons (Fsp3) is 0.0571. The summed E-state index contributed by atoms with van der Waals surface area (Å²) >= 11 is 0. The second kappa shape index (κ2) is 8.23. The SMILES string of the molecule is c1ccc2ccc3c(-c4cnc(C5=NCCc6ccccc65)c5ccccc45)nc4ccccc4c3c2c#1. The Hall–Kier alpha value is -5.07. The van der Waals surface area contributed by atoms with Gasteiger partial charge in [-0.3, -0.25) is 9.98 Å². The van der Waals surface area contributed by atoms with Gasteiger partial charge >= 0.3 is 0 Å². The van der Waals surface area contributed by atoms with Crippen LogP contribution in [0.5, 0.6) is 0 Å². The van der Waals surface area contributed by atoms with E-state index >= 15 is 0 Å². The molecule has 0 aliphatic carbocycles. The van der Waals surface area contributed by atoms with Gasteiger partial charge in [0.05, 0.1) is 22.6 Å². The summed E-state index contributed by atoms with van der Waals surface area (Å²) in [5.41, 5.74) is 7.31. The molecule has 0 spiro atoms. The maximum absolute atomic E-state index is 5.21. The number of aliphatic imine (C=N–C) groups is 1. The highest BCUT2D eigenvalue weighted by atomic mass is 14.8. The summed E-state index contributed by atoms with van der Waals surface area (Å²) in [6, 6.07) is 40.3. The van der Waals surface area contributed by atoms with E-state index in [0.717, 1.165) is 78.8 Å². The van der Waals surface area contributed by atoms with E-state index in [2.05, 4.69) is 97.1 Å². The second-order valence-corrected chi connectivity index (χ2v) is 9.74. The first-order valence-electron chi connectivity index (χ1n) is 12.9. The number of aromatic nitrogens is 2. The standard InChI is InChI=1S/C35H21N3/c1-3-11-24-22(9-1)17-18-29-32(24)28-15-7-8-16-31(28)38-33(29)30-21-37-35(27-14-6-5-13-26(27)30)34-25-12-4-2-10-23(25)19-20-36-34/h1-2,4-10,12-18,21H,19-20H2. The summed E-state index contributed by atoms with van der Waals surface area (Å²) in [5, 5.41) is 7.78. The van der Waals surface area contributed by atoms with Crippen molar-refractivity contribution in [2.75, 3.05) is 6.54 Å². The fourth-order valence-corrected chi connectivity index (χ4v) is 5.90. The zero-order valence-electron chi connectivity index (χ0n) is 20.6. The van der Waals surface area contributed by atoms with Crippen LogP contribution in [0.15, 0.2) is 108 Å². The lowest BCUT2D eigenvalue weighted by Gasteiger charge is -2.19. The average Bonchev–Trinajstić information content (AvgIpc) is 2.99. The third kappa shape index (κ3) is 3.07. The average molecular weight is 484 g/mol. The van der Waals surface area contributed by atoms with Crippen LogP contribution < -0.4 is 0 Å². The molecule has 1 aliphatic rings. The lowest BCUT2D eigenvalue weighted by molar-refractivity contribution is 0.942. The molecule has 7 aromatic rings. The van der Waals surface area contributed by atoms with Gasteiger partial charge in [-0.25, -0.2) is 4.98 Å². The number of benzene rings is 4. The van der Waals surface area contributed by atoms with Gasteiger partial charge in [-0.2, -0.15) is 0 Å². The molecule has 0 saturated carbocycles.